The van der Waals surface area contributed by atoms with E-state index in [9.17, 15) is 0 Å². The quantitative estimate of drug-likeness (QED) is 0.378. The Morgan fingerprint density at radius 3 is 2.00 bits per heavy atom. The van der Waals surface area contributed by atoms with Crippen LogP contribution in [0.5, 0.6) is 0 Å². The Morgan fingerprint density at radius 1 is 1.00 bits per heavy atom. The second kappa shape index (κ2) is 7.95. The maximum Gasteiger partial charge on any atom is 0.207 e. The summed E-state index contributed by atoms with van der Waals surface area (Å²) in [4.78, 5) is 0. The van der Waals surface area contributed by atoms with E-state index >= 15 is 0 Å². The highest BCUT2D eigenvalue weighted by Crippen LogP contribution is 2.31. The Morgan fingerprint density at radius 2 is 1.57 bits per heavy atom. The first-order valence-corrected chi connectivity index (χ1v) is 5.78. The molecule has 0 radical (unpaired) electrons. The molecule has 0 spiro atoms. The van der Waals surface area contributed by atoms with E-state index in [-0.39, 0.29) is 19.8 Å². The number of hydrogen-bond acceptors (Lipinski definition) is 1. The highest BCUT2D eigenvalue weighted by atomic mass is 35.5. The molecule has 6 heteroatoms. The Balaban J connectivity index is 4.37. The summed E-state index contributed by atoms with van der Waals surface area (Å²) in [5.41, 5.74) is 0. The molecule has 0 aliphatic heterocycles. The van der Waals surface area contributed by atoms with E-state index in [0.29, 0.717) is 6.61 Å². The van der Waals surface area contributed by atoms with Gasteiger partial charge in [0.1, 0.15) is 9.52 Å². The van der Waals surface area contributed by atoms with Crippen LogP contribution in [0.4, 0.5) is 0 Å². The minimum atomic E-state index is -0.145. The zero-order valence-electron chi connectivity index (χ0n) is 7.42. The number of hydrogen-bond donors (Lipinski definition) is 0. The van der Waals surface area contributed by atoms with Gasteiger partial charge in [-0.2, -0.15) is 0 Å². The molecular weight excluding hydrogens is 289 g/mol. The van der Waals surface area contributed by atoms with Gasteiger partial charge >= 0.3 is 0 Å². The maximum absolute atomic E-state index is 5.72. The first kappa shape index (κ1) is 14.7. The molecule has 0 heterocycles. The number of halogens is 5. The largest absolute Gasteiger partial charge is 0.482 e. The van der Waals surface area contributed by atoms with E-state index in [4.69, 9.17) is 62.7 Å². The topological polar surface area (TPSA) is 9.23 Å². The van der Waals surface area contributed by atoms with Crippen molar-refractivity contribution in [3.05, 3.63) is 19.8 Å². The van der Waals surface area contributed by atoms with Gasteiger partial charge in [0.05, 0.1) is 11.6 Å². The van der Waals surface area contributed by atoms with Crippen LogP contribution in [0.3, 0.4) is 0 Å². The fraction of sp³-hybridized carbons (Fsp3) is 0.500. The Hall–Kier alpha value is 0.730. The monoisotopic (exact) mass is 296 g/mol. The fourth-order valence-corrected chi connectivity index (χ4v) is 1.28. The molecule has 0 aromatic heterocycles. The normalized spacial score (nSPS) is 12.1. The molecule has 0 amide bonds. The summed E-state index contributed by atoms with van der Waals surface area (Å²) >= 11 is 27.9. The summed E-state index contributed by atoms with van der Waals surface area (Å²) in [7, 11) is 0. The number of unbranched alkanes of at least 4 members (excludes halogenated alkanes) is 1. The van der Waals surface area contributed by atoms with Crippen LogP contribution in [0.25, 0.3) is 0 Å². The number of allylic oxidation sites excluding steroid dienone is 2. The lowest BCUT2D eigenvalue weighted by Crippen LogP contribution is -1.92. The van der Waals surface area contributed by atoms with Crippen molar-refractivity contribution in [2.45, 2.75) is 19.8 Å². The van der Waals surface area contributed by atoms with Gasteiger partial charge in [0, 0.05) is 0 Å². The van der Waals surface area contributed by atoms with Gasteiger partial charge in [-0.3, -0.25) is 0 Å². The molecule has 0 saturated carbocycles. The SMILES string of the molecule is CCCCOC(Cl)=C(Cl)C(Cl)=C(Cl)Cl. The van der Waals surface area contributed by atoms with E-state index in [2.05, 4.69) is 0 Å². The predicted octanol–water partition coefficient (Wildman–Crippen LogP) is 5.34. The summed E-state index contributed by atoms with van der Waals surface area (Å²) in [5.74, 6) is 0. The highest BCUT2D eigenvalue weighted by molar-refractivity contribution is 6.62. The molecule has 0 N–H and O–H groups in total. The molecule has 14 heavy (non-hydrogen) atoms. The third kappa shape index (κ3) is 5.57. The van der Waals surface area contributed by atoms with Crippen molar-refractivity contribution < 1.29 is 4.74 Å². The average Bonchev–Trinajstić information content (AvgIpc) is 2.15. The molecule has 0 aromatic carbocycles. The average molecular weight is 298 g/mol. The molecule has 0 fully saturated rings. The van der Waals surface area contributed by atoms with Crippen LogP contribution in [0.15, 0.2) is 19.8 Å². The molecule has 82 valence electrons. The number of ether oxygens (including phenoxy) is 1. The summed E-state index contributed by atoms with van der Waals surface area (Å²) in [6.07, 6.45) is 1.89. The fourth-order valence-electron chi connectivity index (χ4n) is 0.539. The molecule has 0 unspecified atom stereocenters. The van der Waals surface area contributed by atoms with Crippen molar-refractivity contribution in [1.29, 1.82) is 0 Å². The molecule has 0 bridgehead atoms. The predicted molar refractivity (Wildman–Crippen MR) is 64.2 cm³/mol. The first-order chi connectivity index (χ1) is 6.50. The van der Waals surface area contributed by atoms with E-state index in [1.54, 1.807) is 0 Å². The van der Waals surface area contributed by atoms with Crippen LogP contribution in [-0.4, -0.2) is 6.61 Å². The Labute approximate surface area is 109 Å². The molecule has 0 aromatic rings. The van der Waals surface area contributed by atoms with Gasteiger partial charge in [-0.15, -0.1) is 0 Å². The summed E-state index contributed by atoms with van der Waals surface area (Å²) in [6, 6.07) is 0. The van der Waals surface area contributed by atoms with Crippen molar-refractivity contribution >= 4 is 58.0 Å². The first-order valence-electron chi connectivity index (χ1n) is 3.89. The molecule has 0 atom stereocenters. The zero-order valence-corrected chi connectivity index (χ0v) is 11.2. The minimum Gasteiger partial charge on any atom is -0.482 e. The van der Waals surface area contributed by atoms with E-state index in [0.717, 1.165) is 12.8 Å². The van der Waals surface area contributed by atoms with Gasteiger partial charge in [0.15, 0.2) is 0 Å². The van der Waals surface area contributed by atoms with Crippen LogP contribution in [-0.2, 0) is 4.74 Å². The summed E-state index contributed by atoms with van der Waals surface area (Å²) < 4.78 is 4.95. The van der Waals surface area contributed by atoms with Crippen molar-refractivity contribution in [2.75, 3.05) is 6.61 Å². The van der Waals surface area contributed by atoms with Gasteiger partial charge < -0.3 is 4.74 Å². The third-order valence-electron chi connectivity index (χ3n) is 1.26. The zero-order chi connectivity index (χ0) is 11.1. The smallest absolute Gasteiger partial charge is 0.207 e. The van der Waals surface area contributed by atoms with Gasteiger partial charge in [0.25, 0.3) is 0 Å². The Bertz CT molecular complexity index is 242. The van der Waals surface area contributed by atoms with Gasteiger partial charge in [-0.05, 0) is 18.0 Å². The minimum absolute atomic E-state index is 0.00363. The molecule has 0 aliphatic carbocycles. The van der Waals surface area contributed by atoms with Gasteiger partial charge in [-0.1, -0.05) is 59.7 Å². The lowest BCUT2D eigenvalue weighted by molar-refractivity contribution is 0.230. The third-order valence-corrected chi connectivity index (χ3v) is 3.06. The van der Waals surface area contributed by atoms with Gasteiger partial charge in [-0.25, -0.2) is 0 Å². The van der Waals surface area contributed by atoms with Crippen LogP contribution in [0.2, 0.25) is 0 Å². The summed E-state index contributed by atoms with van der Waals surface area (Å²) in [5, 5.41) is 0.00449. The standard InChI is InChI=1S/C8H9Cl5O/c1-2-3-4-14-8(13)6(10)5(9)7(11)12/h2-4H2,1H3. The van der Waals surface area contributed by atoms with E-state index < -0.39 is 0 Å². The molecule has 0 aliphatic rings. The molecular formula is C8H9Cl5O. The molecule has 1 nitrogen and oxygen atoms in total. The Kier molecular flexibility index (Phi) is 8.36. The van der Waals surface area contributed by atoms with Crippen LogP contribution in [0, 0.1) is 0 Å². The number of rotatable bonds is 5. The lowest BCUT2D eigenvalue weighted by Gasteiger charge is -2.05. The van der Waals surface area contributed by atoms with Crippen LogP contribution < -0.4 is 0 Å². The van der Waals surface area contributed by atoms with E-state index in [1.807, 2.05) is 6.92 Å². The van der Waals surface area contributed by atoms with Crippen LogP contribution >= 0.6 is 58.0 Å². The maximum atomic E-state index is 5.72. The second-order valence-corrected chi connectivity index (χ2v) is 4.41. The second-order valence-electron chi connectivity index (χ2n) is 2.36. The molecule has 0 saturated heterocycles. The highest BCUT2D eigenvalue weighted by Gasteiger charge is 2.10. The van der Waals surface area contributed by atoms with Crippen molar-refractivity contribution in [3.8, 4) is 0 Å². The molecule has 0 rings (SSSR count). The van der Waals surface area contributed by atoms with Gasteiger partial charge in [0.2, 0.25) is 5.22 Å². The lowest BCUT2D eigenvalue weighted by atomic mass is 10.4. The van der Waals surface area contributed by atoms with E-state index in [1.165, 1.54) is 0 Å². The summed E-state index contributed by atoms with van der Waals surface area (Å²) in [6.45, 7) is 2.51. The van der Waals surface area contributed by atoms with Crippen molar-refractivity contribution in [1.82, 2.24) is 0 Å². The van der Waals surface area contributed by atoms with Crippen molar-refractivity contribution in [3.63, 3.8) is 0 Å². The van der Waals surface area contributed by atoms with Crippen molar-refractivity contribution in [2.24, 2.45) is 0 Å². The van der Waals surface area contributed by atoms with Crippen LogP contribution in [0.1, 0.15) is 19.8 Å².